The van der Waals surface area contributed by atoms with E-state index in [1.165, 1.54) is 4.90 Å². The first-order valence-corrected chi connectivity index (χ1v) is 12.5. The standard InChI is InChI=1S/C27H43N3O6/c1-10-19(5)30(25(33)20(6)29-26(34)36-27(7,8)9)23(21-15-17(3)14-18(4)16-21)24(32)28-13-12-22(31)35-11-2/h14-16,19-20,23H,10-13H2,1-9H3,(H,28,32)(H,29,34). The Morgan fingerprint density at radius 2 is 1.58 bits per heavy atom. The lowest BCUT2D eigenvalue weighted by molar-refractivity contribution is -0.145. The van der Waals surface area contributed by atoms with E-state index in [0.717, 1.165) is 11.1 Å². The molecule has 3 atom stereocenters. The number of amides is 3. The summed E-state index contributed by atoms with van der Waals surface area (Å²) in [5.74, 6) is -1.24. The van der Waals surface area contributed by atoms with Crippen LogP contribution in [0.25, 0.3) is 0 Å². The molecule has 0 aliphatic carbocycles. The molecule has 0 saturated heterocycles. The molecule has 0 heterocycles. The van der Waals surface area contributed by atoms with Crippen LogP contribution >= 0.6 is 0 Å². The van der Waals surface area contributed by atoms with E-state index in [1.807, 2.05) is 45.9 Å². The second-order valence-corrected chi connectivity index (χ2v) is 10.0. The van der Waals surface area contributed by atoms with E-state index in [1.54, 1.807) is 34.6 Å². The number of alkyl carbamates (subject to hydrolysis) is 1. The van der Waals surface area contributed by atoms with Gasteiger partial charge in [0.15, 0.2) is 0 Å². The van der Waals surface area contributed by atoms with Gasteiger partial charge in [-0.2, -0.15) is 0 Å². The molecule has 202 valence electrons. The Bertz CT molecular complexity index is 904. The van der Waals surface area contributed by atoms with Crippen LogP contribution < -0.4 is 10.6 Å². The van der Waals surface area contributed by atoms with Crippen molar-refractivity contribution in [2.24, 2.45) is 0 Å². The Morgan fingerprint density at radius 1 is 1.00 bits per heavy atom. The first-order valence-electron chi connectivity index (χ1n) is 12.5. The van der Waals surface area contributed by atoms with Crippen molar-refractivity contribution in [2.75, 3.05) is 13.2 Å². The average molecular weight is 506 g/mol. The number of carbonyl (C=O) groups excluding carboxylic acids is 4. The summed E-state index contributed by atoms with van der Waals surface area (Å²) >= 11 is 0. The molecule has 2 N–H and O–H groups in total. The molecule has 36 heavy (non-hydrogen) atoms. The number of nitrogens with zero attached hydrogens (tertiary/aromatic N) is 1. The van der Waals surface area contributed by atoms with Gasteiger partial charge in [0.05, 0.1) is 13.0 Å². The lowest BCUT2D eigenvalue weighted by Gasteiger charge is -2.37. The van der Waals surface area contributed by atoms with Gasteiger partial charge in [-0.3, -0.25) is 14.4 Å². The molecular weight excluding hydrogens is 462 g/mol. The molecular formula is C27H43N3O6. The maximum atomic E-state index is 13.7. The quantitative estimate of drug-likeness (QED) is 0.440. The van der Waals surface area contributed by atoms with Gasteiger partial charge in [-0.15, -0.1) is 0 Å². The lowest BCUT2D eigenvalue weighted by atomic mass is 9.97. The predicted molar refractivity (Wildman–Crippen MR) is 138 cm³/mol. The average Bonchev–Trinajstić information content (AvgIpc) is 2.74. The van der Waals surface area contributed by atoms with Crippen LogP contribution in [0.4, 0.5) is 4.79 Å². The Kier molecular flexibility index (Phi) is 11.9. The molecule has 0 bridgehead atoms. The van der Waals surface area contributed by atoms with Gasteiger partial charge in [0.1, 0.15) is 17.7 Å². The second kappa shape index (κ2) is 13.8. The minimum atomic E-state index is -0.962. The number of hydrogen-bond acceptors (Lipinski definition) is 6. The van der Waals surface area contributed by atoms with E-state index in [9.17, 15) is 19.2 Å². The van der Waals surface area contributed by atoms with Gasteiger partial charge in [0.25, 0.3) is 0 Å². The van der Waals surface area contributed by atoms with Gasteiger partial charge < -0.3 is 25.0 Å². The first-order chi connectivity index (χ1) is 16.7. The molecule has 0 spiro atoms. The molecule has 3 amide bonds. The second-order valence-electron chi connectivity index (χ2n) is 10.0. The van der Waals surface area contributed by atoms with Gasteiger partial charge in [-0.05, 0) is 67.4 Å². The van der Waals surface area contributed by atoms with Gasteiger partial charge >= 0.3 is 12.1 Å². The number of nitrogens with one attached hydrogen (secondary N) is 2. The summed E-state index contributed by atoms with van der Waals surface area (Å²) in [6.07, 6.45) is -0.107. The van der Waals surface area contributed by atoms with E-state index >= 15 is 0 Å². The number of carbonyl (C=O) groups is 4. The van der Waals surface area contributed by atoms with Gasteiger partial charge in [0, 0.05) is 12.6 Å². The first kappa shape index (κ1) is 30.9. The van der Waals surface area contributed by atoms with Gasteiger partial charge in [0.2, 0.25) is 11.8 Å². The molecule has 0 fully saturated rings. The molecule has 1 aromatic carbocycles. The number of benzene rings is 1. The highest BCUT2D eigenvalue weighted by Crippen LogP contribution is 2.28. The zero-order valence-electron chi connectivity index (χ0n) is 23.2. The van der Waals surface area contributed by atoms with E-state index in [0.29, 0.717) is 12.0 Å². The van der Waals surface area contributed by atoms with Crippen molar-refractivity contribution >= 4 is 23.9 Å². The number of esters is 1. The number of aryl methyl sites for hydroxylation is 2. The smallest absolute Gasteiger partial charge is 0.408 e. The highest BCUT2D eigenvalue weighted by Gasteiger charge is 2.37. The Balaban J connectivity index is 3.34. The summed E-state index contributed by atoms with van der Waals surface area (Å²) in [5.41, 5.74) is 1.83. The molecule has 9 heteroatoms. The van der Waals surface area contributed by atoms with Crippen molar-refractivity contribution in [3.63, 3.8) is 0 Å². The summed E-state index contributed by atoms with van der Waals surface area (Å²) in [4.78, 5) is 52.8. The van der Waals surface area contributed by atoms with Crippen molar-refractivity contribution in [3.8, 4) is 0 Å². The van der Waals surface area contributed by atoms with Crippen molar-refractivity contribution in [1.82, 2.24) is 15.5 Å². The highest BCUT2D eigenvalue weighted by molar-refractivity contribution is 5.92. The van der Waals surface area contributed by atoms with E-state index in [2.05, 4.69) is 10.6 Å². The van der Waals surface area contributed by atoms with Crippen molar-refractivity contribution in [3.05, 3.63) is 34.9 Å². The van der Waals surface area contributed by atoms with Crippen LogP contribution in [-0.4, -0.2) is 59.6 Å². The summed E-state index contributed by atoms with van der Waals surface area (Å²) in [6, 6.07) is 3.52. The van der Waals surface area contributed by atoms with Crippen LogP contribution in [0.2, 0.25) is 0 Å². The summed E-state index contributed by atoms with van der Waals surface area (Å²) in [5, 5.41) is 5.38. The van der Waals surface area contributed by atoms with Crippen LogP contribution in [0.1, 0.15) is 84.0 Å². The van der Waals surface area contributed by atoms with Crippen molar-refractivity contribution < 1.29 is 28.7 Å². The molecule has 0 aliphatic heterocycles. The molecule has 1 rings (SSSR count). The van der Waals surface area contributed by atoms with Crippen LogP contribution in [0.5, 0.6) is 0 Å². The number of hydrogen-bond donors (Lipinski definition) is 2. The fourth-order valence-corrected chi connectivity index (χ4v) is 3.79. The molecule has 3 unspecified atom stereocenters. The fourth-order valence-electron chi connectivity index (χ4n) is 3.79. The van der Waals surface area contributed by atoms with Crippen molar-refractivity contribution in [2.45, 2.75) is 98.9 Å². The van der Waals surface area contributed by atoms with E-state index < -0.39 is 41.6 Å². The van der Waals surface area contributed by atoms with Crippen LogP contribution in [0.15, 0.2) is 18.2 Å². The number of ether oxygens (including phenoxy) is 2. The van der Waals surface area contributed by atoms with E-state index in [-0.39, 0.29) is 25.6 Å². The summed E-state index contributed by atoms with van der Waals surface area (Å²) in [6.45, 7) is 16.5. The van der Waals surface area contributed by atoms with Crippen LogP contribution in [0, 0.1) is 13.8 Å². The topological polar surface area (TPSA) is 114 Å². The maximum absolute atomic E-state index is 13.7. The molecule has 0 aliphatic rings. The third-order valence-electron chi connectivity index (χ3n) is 5.44. The SMILES string of the molecule is CCOC(=O)CCNC(=O)C(c1cc(C)cc(C)c1)N(C(=O)C(C)NC(=O)OC(C)(C)C)C(C)CC. The minimum absolute atomic E-state index is 0.0209. The Labute approximate surface area is 215 Å². The third-order valence-corrected chi connectivity index (χ3v) is 5.44. The molecule has 0 radical (unpaired) electrons. The predicted octanol–water partition coefficient (Wildman–Crippen LogP) is 3.95. The largest absolute Gasteiger partial charge is 0.466 e. The molecule has 9 nitrogen and oxygen atoms in total. The highest BCUT2D eigenvalue weighted by atomic mass is 16.6. The maximum Gasteiger partial charge on any atom is 0.408 e. The number of rotatable bonds is 11. The fraction of sp³-hybridized carbons (Fsp3) is 0.630. The summed E-state index contributed by atoms with van der Waals surface area (Å²) < 4.78 is 10.2. The van der Waals surface area contributed by atoms with E-state index in [4.69, 9.17) is 9.47 Å². The Morgan fingerprint density at radius 3 is 2.08 bits per heavy atom. The normalized spacial score (nSPS) is 13.7. The van der Waals surface area contributed by atoms with Gasteiger partial charge in [-0.1, -0.05) is 36.2 Å². The van der Waals surface area contributed by atoms with Crippen molar-refractivity contribution in [1.29, 1.82) is 0 Å². The third kappa shape index (κ3) is 9.87. The van der Waals surface area contributed by atoms with Crippen LogP contribution in [-0.2, 0) is 23.9 Å². The minimum Gasteiger partial charge on any atom is -0.466 e. The molecule has 0 aromatic heterocycles. The summed E-state index contributed by atoms with van der Waals surface area (Å²) in [7, 11) is 0. The zero-order chi connectivity index (χ0) is 27.6. The zero-order valence-corrected chi connectivity index (χ0v) is 23.2. The Hall–Kier alpha value is -3.10. The molecule has 0 saturated carbocycles. The molecule has 1 aromatic rings. The van der Waals surface area contributed by atoms with Gasteiger partial charge in [-0.25, -0.2) is 4.79 Å². The van der Waals surface area contributed by atoms with Crippen LogP contribution in [0.3, 0.4) is 0 Å². The monoisotopic (exact) mass is 505 g/mol. The lowest BCUT2D eigenvalue weighted by Crippen LogP contribution is -2.54.